The predicted octanol–water partition coefficient (Wildman–Crippen LogP) is -1.68. The average molecular weight is 248 g/mol. The summed E-state index contributed by atoms with van der Waals surface area (Å²) in [7, 11) is 0. The Labute approximate surface area is 115 Å². The van der Waals surface area contributed by atoms with Gasteiger partial charge in [0.1, 0.15) is 0 Å². The SMILES string of the molecule is O=[N+]([O-])c1ccc2c(S(=O)[O-])c[nH]c2c1.[Na+]. The predicted molar refractivity (Wildman–Crippen MR) is 52.1 cm³/mol. The number of nitrogens with zero attached hydrogens (tertiary/aromatic N) is 1. The molecule has 0 aliphatic heterocycles. The van der Waals surface area contributed by atoms with Gasteiger partial charge in [-0.15, -0.1) is 0 Å². The molecular weight excluding hydrogens is 243 g/mol. The first-order valence-electron chi connectivity index (χ1n) is 3.94. The molecule has 0 radical (unpaired) electrons. The molecular formula is C8H5N2NaO4S. The third-order valence-electron chi connectivity index (χ3n) is 2.02. The minimum absolute atomic E-state index is 0. The molecule has 1 atom stereocenters. The molecule has 2 rings (SSSR count). The average Bonchev–Trinajstić information content (AvgIpc) is 2.59. The van der Waals surface area contributed by atoms with Crippen LogP contribution in [0.4, 0.5) is 5.69 Å². The quantitative estimate of drug-likeness (QED) is 0.297. The van der Waals surface area contributed by atoms with Gasteiger partial charge in [0, 0.05) is 23.7 Å². The molecule has 6 nitrogen and oxygen atoms in total. The van der Waals surface area contributed by atoms with Gasteiger partial charge in [0.15, 0.2) is 0 Å². The molecule has 78 valence electrons. The number of aromatic amines is 1. The van der Waals surface area contributed by atoms with Crippen LogP contribution in [0.15, 0.2) is 29.3 Å². The monoisotopic (exact) mass is 248 g/mol. The van der Waals surface area contributed by atoms with Crippen LogP contribution in [0.25, 0.3) is 10.9 Å². The van der Waals surface area contributed by atoms with Crippen LogP contribution in [0.2, 0.25) is 0 Å². The first-order chi connectivity index (χ1) is 7.09. The van der Waals surface area contributed by atoms with E-state index in [0.29, 0.717) is 10.9 Å². The van der Waals surface area contributed by atoms with Crippen LogP contribution in [-0.4, -0.2) is 18.7 Å². The van der Waals surface area contributed by atoms with Gasteiger partial charge in [0.05, 0.1) is 15.3 Å². The maximum Gasteiger partial charge on any atom is 1.00 e. The van der Waals surface area contributed by atoms with E-state index in [9.17, 15) is 18.9 Å². The summed E-state index contributed by atoms with van der Waals surface area (Å²) >= 11 is -2.34. The molecule has 1 aromatic carbocycles. The molecule has 16 heavy (non-hydrogen) atoms. The Morgan fingerprint density at radius 1 is 1.38 bits per heavy atom. The Morgan fingerprint density at radius 3 is 2.62 bits per heavy atom. The Kier molecular flexibility index (Phi) is 4.22. The Balaban J connectivity index is 0.00000128. The summed E-state index contributed by atoms with van der Waals surface area (Å²) in [5.74, 6) is 0. The van der Waals surface area contributed by atoms with Gasteiger partial charge in [-0.2, -0.15) is 0 Å². The van der Waals surface area contributed by atoms with Crippen LogP contribution in [0.5, 0.6) is 0 Å². The molecule has 0 aliphatic rings. The van der Waals surface area contributed by atoms with E-state index in [-0.39, 0.29) is 40.1 Å². The zero-order chi connectivity index (χ0) is 11.0. The van der Waals surface area contributed by atoms with Crippen LogP contribution in [0, 0.1) is 10.1 Å². The third-order valence-corrected chi connectivity index (χ3v) is 2.71. The smallest absolute Gasteiger partial charge is 0.768 e. The molecule has 0 saturated heterocycles. The van der Waals surface area contributed by atoms with Crippen LogP contribution >= 0.6 is 0 Å². The van der Waals surface area contributed by atoms with Crippen LogP contribution < -0.4 is 29.6 Å². The van der Waals surface area contributed by atoms with Gasteiger partial charge < -0.3 is 9.54 Å². The van der Waals surface area contributed by atoms with Crippen LogP contribution in [0.3, 0.4) is 0 Å². The van der Waals surface area contributed by atoms with Crippen molar-refractivity contribution in [2.75, 3.05) is 0 Å². The second-order valence-electron chi connectivity index (χ2n) is 2.87. The van der Waals surface area contributed by atoms with E-state index in [0.717, 1.165) is 0 Å². The molecule has 0 saturated carbocycles. The van der Waals surface area contributed by atoms with E-state index in [1.807, 2.05) is 0 Å². The molecule has 8 heteroatoms. The molecule has 0 aliphatic carbocycles. The second kappa shape index (κ2) is 5.07. The Morgan fingerprint density at radius 2 is 2.06 bits per heavy atom. The molecule has 0 bridgehead atoms. The first-order valence-corrected chi connectivity index (χ1v) is 5.02. The van der Waals surface area contributed by atoms with Gasteiger partial charge in [0.25, 0.3) is 5.69 Å². The summed E-state index contributed by atoms with van der Waals surface area (Å²) < 4.78 is 21.5. The van der Waals surface area contributed by atoms with E-state index >= 15 is 0 Å². The maximum atomic E-state index is 10.7. The summed E-state index contributed by atoms with van der Waals surface area (Å²) in [4.78, 5) is 12.7. The van der Waals surface area contributed by atoms with Crippen molar-refractivity contribution in [3.05, 3.63) is 34.5 Å². The number of rotatable bonds is 2. The molecule has 1 heterocycles. The summed E-state index contributed by atoms with van der Waals surface area (Å²) in [6, 6.07) is 3.98. The first kappa shape index (κ1) is 13.3. The van der Waals surface area contributed by atoms with Gasteiger partial charge >= 0.3 is 29.6 Å². The van der Waals surface area contributed by atoms with Crippen molar-refractivity contribution in [1.29, 1.82) is 0 Å². The number of nitrogens with one attached hydrogen (secondary N) is 1. The van der Waals surface area contributed by atoms with Gasteiger partial charge in [-0.25, -0.2) is 0 Å². The Bertz CT molecular complexity index is 568. The van der Waals surface area contributed by atoms with E-state index in [2.05, 4.69) is 4.98 Å². The summed E-state index contributed by atoms with van der Waals surface area (Å²) in [5, 5.41) is 10.9. The van der Waals surface area contributed by atoms with Crippen molar-refractivity contribution in [2.24, 2.45) is 0 Å². The summed E-state index contributed by atoms with van der Waals surface area (Å²) in [5.41, 5.74) is 0.357. The number of aromatic nitrogens is 1. The number of nitro groups is 1. The number of fused-ring (bicyclic) bond motifs is 1. The number of H-pyrrole nitrogens is 1. The normalized spacial score (nSPS) is 12.1. The molecule has 1 N–H and O–H groups in total. The molecule has 2 aromatic rings. The van der Waals surface area contributed by atoms with Crippen molar-refractivity contribution >= 4 is 27.7 Å². The van der Waals surface area contributed by atoms with Gasteiger partial charge in [-0.3, -0.25) is 14.3 Å². The number of benzene rings is 1. The molecule has 1 aromatic heterocycles. The minimum atomic E-state index is -2.34. The van der Waals surface area contributed by atoms with Crippen molar-refractivity contribution in [2.45, 2.75) is 4.90 Å². The Hall–Kier alpha value is -0.730. The van der Waals surface area contributed by atoms with E-state index in [1.165, 1.54) is 24.4 Å². The van der Waals surface area contributed by atoms with E-state index in [1.54, 1.807) is 0 Å². The fourth-order valence-corrected chi connectivity index (χ4v) is 1.85. The number of hydrogen-bond donors (Lipinski definition) is 1. The number of non-ortho nitro benzene ring substituents is 1. The van der Waals surface area contributed by atoms with E-state index < -0.39 is 16.0 Å². The molecule has 0 spiro atoms. The standard InChI is InChI=1S/C8H6N2O4S.Na/c11-10(12)5-1-2-6-7(3-5)9-4-8(6)15(13)14;/h1-4,9H,(H,13,14);/q;+1/p-1. The zero-order valence-corrected chi connectivity index (χ0v) is 11.1. The molecule has 1 unspecified atom stereocenters. The third kappa shape index (κ3) is 2.33. The van der Waals surface area contributed by atoms with Gasteiger partial charge in [0.2, 0.25) is 0 Å². The zero-order valence-electron chi connectivity index (χ0n) is 8.30. The maximum absolute atomic E-state index is 10.7. The van der Waals surface area contributed by atoms with Crippen LogP contribution in [-0.2, 0) is 11.1 Å². The van der Waals surface area contributed by atoms with Crippen molar-refractivity contribution in [1.82, 2.24) is 4.98 Å². The van der Waals surface area contributed by atoms with Gasteiger partial charge in [-0.1, -0.05) is 0 Å². The summed E-state index contributed by atoms with van der Waals surface area (Å²) in [6.45, 7) is 0. The van der Waals surface area contributed by atoms with Crippen LogP contribution in [0.1, 0.15) is 0 Å². The second-order valence-corrected chi connectivity index (χ2v) is 3.78. The van der Waals surface area contributed by atoms with Crippen molar-refractivity contribution in [3.63, 3.8) is 0 Å². The largest absolute Gasteiger partial charge is 1.00 e. The fraction of sp³-hybridized carbons (Fsp3) is 0. The van der Waals surface area contributed by atoms with E-state index in [4.69, 9.17) is 0 Å². The van der Waals surface area contributed by atoms with Crippen molar-refractivity contribution < 1.29 is 43.2 Å². The topological polar surface area (TPSA) is 99.1 Å². The fourth-order valence-electron chi connectivity index (χ4n) is 1.34. The number of nitro benzene ring substituents is 1. The minimum Gasteiger partial charge on any atom is -0.768 e. The number of hydrogen-bond acceptors (Lipinski definition) is 4. The molecule has 0 fully saturated rings. The molecule has 0 amide bonds. The summed E-state index contributed by atoms with van der Waals surface area (Å²) in [6.07, 6.45) is 1.30. The van der Waals surface area contributed by atoms with Crippen molar-refractivity contribution in [3.8, 4) is 0 Å². The van der Waals surface area contributed by atoms with Gasteiger partial charge in [-0.05, 0) is 17.1 Å².